The van der Waals surface area contributed by atoms with E-state index in [2.05, 4.69) is 22.5 Å². The number of carbonyl (C=O) groups is 1. The van der Waals surface area contributed by atoms with Crippen molar-refractivity contribution in [2.75, 3.05) is 25.0 Å². The molecule has 0 aliphatic heterocycles. The van der Waals surface area contributed by atoms with Gasteiger partial charge in [-0.3, -0.25) is 4.79 Å². The molecule has 0 spiro atoms. The second-order valence-corrected chi connectivity index (χ2v) is 5.55. The molecule has 0 atom stereocenters. The average Bonchev–Trinajstić information content (AvgIpc) is 3.27. The maximum atomic E-state index is 11.6. The standard InChI is InChI=1S/C15H22ClN3O/c1-3-19(10-15(20)17-2)14-7-4-12(16)8-11(14)9-18-13-5-6-13/h4,7-8,13,18H,3,5-6,9-10H2,1-2H3,(H,17,20). The van der Waals surface area contributed by atoms with Crippen LogP contribution in [0.15, 0.2) is 18.2 Å². The van der Waals surface area contributed by atoms with Gasteiger partial charge >= 0.3 is 0 Å². The number of hydrogen-bond donors (Lipinski definition) is 2. The highest BCUT2D eigenvalue weighted by molar-refractivity contribution is 6.30. The van der Waals surface area contributed by atoms with Crippen molar-refractivity contribution in [3.05, 3.63) is 28.8 Å². The Bertz CT molecular complexity index is 474. The van der Waals surface area contributed by atoms with Gasteiger partial charge in [-0.25, -0.2) is 0 Å². The predicted octanol–water partition coefficient (Wildman–Crippen LogP) is 2.16. The molecule has 0 bridgehead atoms. The van der Waals surface area contributed by atoms with Gasteiger partial charge in [0.25, 0.3) is 0 Å². The predicted molar refractivity (Wildman–Crippen MR) is 83.3 cm³/mol. The van der Waals surface area contributed by atoms with Gasteiger partial charge in [0.2, 0.25) is 5.91 Å². The number of anilines is 1. The second kappa shape index (κ2) is 6.95. The van der Waals surface area contributed by atoms with Gasteiger partial charge in [0.1, 0.15) is 0 Å². The number of hydrogen-bond acceptors (Lipinski definition) is 3. The fourth-order valence-corrected chi connectivity index (χ4v) is 2.36. The van der Waals surface area contributed by atoms with Crippen molar-refractivity contribution in [3.8, 4) is 0 Å². The molecule has 0 unspecified atom stereocenters. The number of rotatable bonds is 7. The molecule has 1 aromatic rings. The summed E-state index contributed by atoms with van der Waals surface area (Å²) >= 11 is 6.10. The first-order valence-electron chi connectivity index (χ1n) is 7.11. The molecule has 2 rings (SSSR count). The lowest BCUT2D eigenvalue weighted by atomic mass is 10.1. The number of nitrogens with zero attached hydrogens (tertiary/aromatic N) is 1. The molecule has 0 heterocycles. The summed E-state index contributed by atoms with van der Waals surface area (Å²) < 4.78 is 0. The quantitative estimate of drug-likeness (QED) is 0.810. The lowest BCUT2D eigenvalue weighted by Gasteiger charge is -2.25. The number of amides is 1. The third kappa shape index (κ3) is 4.12. The van der Waals surface area contributed by atoms with Gasteiger partial charge in [-0.15, -0.1) is 0 Å². The molecule has 1 fully saturated rings. The highest BCUT2D eigenvalue weighted by atomic mass is 35.5. The van der Waals surface area contributed by atoms with Crippen LogP contribution in [0.5, 0.6) is 0 Å². The fourth-order valence-electron chi connectivity index (χ4n) is 2.17. The van der Waals surface area contributed by atoms with Crippen LogP contribution in [0, 0.1) is 0 Å². The highest BCUT2D eigenvalue weighted by Crippen LogP contribution is 2.26. The molecule has 1 aromatic carbocycles. The Labute approximate surface area is 125 Å². The normalized spacial score (nSPS) is 14.2. The molecule has 1 aliphatic carbocycles. The lowest BCUT2D eigenvalue weighted by Crippen LogP contribution is -2.36. The van der Waals surface area contributed by atoms with Gasteiger partial charge in [-0.05, 0) is 43.5 Å². The maximum absolute atomic E-state index is 11.6. The Morgan fingerprint density at radius 2 is 2.20 bits per heavy atom. The zero-order valence-corrected chi connectivity index (χ0v) is 12.8. The summed E-state index contributed by atoms with van der Waals surface area (Å²) in [6.07, 6.45) is 2.51. The van der Waals surface area contributed by atoms with Crippen molar-refractivity contribution in [1.29, 1.82) is 0 Å². The number of benzene rings is 1. The van der Waals surface area contributed by atoms with Gasteiger partial charge in [-0.1, -0.05) is 11.6 Å². The SMILES string of the molecule is CCN(CC(=O)NC)c1ccc(Cl)cc1CNC1CC1. The Kier molecular flexibility index (Phi) is 5.26. The van der Waals surface area contributed by atoms with Crippen molar-refractivity contribution in [2.45, 2.75) is 32.4 Å². The molecule has 1 aliphatic rings. The van der Waals surface area contributed by atoms with Crippen LogP contribution in [0.1, 0.15) is 25.3 Å². The van der Waals surface area contributed by atoms with Crippen LogP contribution in [-0.4, -0.2) is 32.1 Å². The van der Waals surface area contributed by atoms with E-state index in [4.69, 9.17) is 11.6 Å². The number of nitrogens with one attached hydrogen (secondary N) is 2. The van der Waals surface area contributed by atoms with E-state index in [0.717, 1.165) is 29.4 Å². The van der Waals surface area contributed by atoms with Crippen LogP contribution in [0.3, 0.4) is 0 Å². The topological polar surface area (TPSA) is 44.4 Å². The van der Waals surface area contributed by atoms with Gasteiger partial charge < -0.3 is 15.5 Å². The molecular weight excluding hydrogens is 274 g/mol. The minimum atomic E-state index is 0.0166. The molecular formula is C15H22ClN3O. The van der Waals surface area contributed by atoms with E-state index >= 15 is 0 Å². The van der Waals surface area contributed by atoms with Gasteiger partial charge in [-0.2, -0.15) is 0 Å². The summed E-state index contributed by atoms with van der Waals surface area (Å²) in [6, 6.07) is 6.51. The van der Waals surface area contributed by atoms with E-state index in [1.54, 1.807) is 7.05 Å². The summed E-state index contributed by atoms with van der Waals surface area (Å²) in [4.78, 5) is 13.7. The third-order valence-electron chi connectivity index (χ3n) is 3.54. The summed E-state index contributed by atoms with van der Waals surface area (Å²) in [5.41, 5.74) is 2.23. The summed E-state index contributed by atoms with van der Waals surface area (Å²) in [5.74, 6) is 0.0166. The first-order chi connectivity index (χ1) is 9.63. The minimum Gasteiger partial charge on any atom is -0.362 e. The van der Waals surface area contributed by atoms with Crippen LogP contribution in [0.4, 0.5) is 5.69 Å². The average molecular weight is 296 g/mol. The molecule has 5 heteroatoms. The van der Waals surface area contributed by atoms with Crippen molar-refractivity contribution < 1.29 is 4.79 Å². The van der Waals surface area contributed by atoms with Crippen LogP contribution in [-0.2, 0) is 11.3 Å². The summed E-state index contributed by atoms with van der Waals surface area (Å²) in [6.45, 7) is 4.00. The lowest BCUT2D eigenvalue weighted by molar-refractivity contribution is -0.119. The van der Waals surface area contributed by atoms with Crippen molar-refractivity contribution >= 4 is 23.2 Å². The number of halogens is 1. The fraction of sp³-hybridized carbons (Fsp3) is 0.533. The molecule has 4 nitrogen and oxygen atoms in total. The molecule has 1 amide bonds. The maximum Gasteiger partial charge on any atom is 0.239 e. The minimum absolute atomic E-state index is 0.0166. The zero-order valence-electron chi connectivity index (χ0n) is 12.1. The van der Waals surface area contributed by atoms with E-state index in [1.165, 1.54) is 12.8 Å². The highest BCUT2D eigenvalue weighted by Gasteiger charge is 2.21. The van der Waals surface area contributed by atoms with Crippen LogP contribution >= 0.6 is 11.6 Å². The van der Waals surface area contributed by atoms with E-state index in [9.17, 15) is 4.79 Å². The van der Waals surface area contributed by atoms with Crippen molar-refractivity contribution in [2.24, 2.45) is 0 Å². The van der Waals surface area contributed by atoms with Gasteiger partial charge in [0.15, 0.2) is 0 Å². The van der Waals surface area contributed by atoms with Crippen molar-refractivity contribution in [3.63, 3.8) is 0 Å². The molecule has 1 saturated carbocycles. The van der Waals surface area contributed by atoms with Crippen LogP contribution < -0.4 is 15.5 Å². The smallest absolute Gasteiger partial charge is 0.239 e. The van der Waals surface area contributed by atoms with Gasteiger partial charge in [0, 0.05) is 36.9 Å². The third-order valence-corrected chi connectivity index (χ3v) is 3.77. The Balaban J connectivity index is 2.15. The molecule has 0 radical (unpaired) electrons. The first-order valence-corrected chi connectivity index (χ1v) is 7.49. The summed E-state index contributed by atoms with van der Waals surface area (Å²) in [5, 5.41) is 6.90. The van der Waals surface area contributed by atoms with Crippen molar-refractivity contribution in [1.82, 2.24) is 10.6 Å². The van der Waals surface area contributed by atoms with E-state index in [0.29, 0.717) is 12.6 Å². The molecule has 0 saturated heterocycles. The van der Waals surface area contributed by atoms with Gasteiger partial charge in [0.05, 0.1) is 6.54 Å². The zero-order chi connectivity index (χ0) is 14.5. The first kappa shape index (κ1) is 15.1. The second-order valence-electron chi connectivity index (χ2n) is 5.12. The Morgan fingerprint density at radius 1 is 1.45 bits per heavy atom. The number of carbonyl (C=O) groups excluding carboxylic acids is 1. The van der Waals surface area contributed by atoms with E-state index < -0.39 is 0 Å². The molecule has 110 valence electrons. The molecule has 0 aromatic heterocycles. The van der Waals surface area contributed by atoms with E-state index in [-0.39, 0.29) is 5.91 Å². The molecule has 2 N–H and O–H groups in total. The summed E-state index contributed by atoms with van der Waals surface area (Å²) in [7, 11) is 1.66. The number of likely N-dealkylation sites (N-methyl/N-ethyl adjacent to an activating group) is 2. The largest absolute Gasteiger partial charge is 0.362 e. The van der Waals surface area contributed by atoms with Crippen LogP contribution in [0.2, 0.25) is 5.02 Å². The Hall–Kier alpha value is -1.26. The van der Waals surface area contributed by atoms with E-state index in [1.807, 2.05) is 18.2 Å². The molecule has 20 heavy (non-hydrogen) atoms. The van der Waals surface area contributed by atoms with Crippen LogP contribution in [0.25, 0.3) is 0 Å². The monoisotopic (exact) mass is 295 g/mol. The Morgan fingerprint density at radius 3 is 2.80 bits per heavy atom.